The van der Waals surface area contributed by atoms with Crippen LogP contribution in [0.4, 0.5) is 0 Å². The molecule has 3 heteroatoms. The molecule has 10 heavy (non-hydrogen) atoms. The van der Waals surface area contributed by atoms with Crippen LogP contribution in [-0.4, -0.2) is 25.8 Å². The first kappa shape index (κ1) is 9.88. The number of hydrogen-bond donors (Lipinski definition) is 3. The summed E-state index contributed by atoms with van der Waals surface area (Å²) in [6.07, 6.45) is 1.54. The molecule has 0 fully saturated rings. The van der Waals surface area contributed by atoms with Crippen molar-refractivity contribution in [2.24, 2.45) is 5.73 Å². The van der Waals surface area contributed by atoms with Crippen molar-refractivity contribution in [2.45, 2.75) is 26.4 Å². The van der Waals surface area contributed by atoms with Crippen LogP contribution in [0.25, 0.3) is 0 Å². The predicted octanol–water partition coefficient (Wildman–Crippen LogP) is -0.120. The van der Waals surface area contributed by atoms with Crippen LogP contribution in [0.15, 0.2) is 0 Å². The lowest BCUT2D eigenvalue weighted by molar-refractivity contribution is 0.428. The maximum atomic E-state index is 5.34. The van der Waals surface area contributed by atoms with E-state index in [9.17, 15) is 0 Å². The van der Waals surface area contributed by atoms with E-state index < -0.39 is 0 Å². The fourth-order valence-electron chi connectivity index (χ4n) is 0.865. The molecule has 0 saturated carbocycles. The van der Waals surface area contributed by atoms with Crippen molar-refractivity contribution in [3.8, 4) is 0 Å². The third-order valence-electron chi connectivity index (χ3n) is 1.39. The summed E-state index contributed by atoms with van der Waals surface area (Å²) in [5.74, 6) is 0. The van der Waals surface area contributed by atoms with Gasteiger partial charge in [0.05, 0.1) is 6.17 Å². The van der Waals surface area contributed by atoms with Gasteiger partial charge in [0.15, 0.2) is 0 Å². The molecule has 0 aliphatic heterocycles. The Morgan fingerprint density at radius 2 is 2.00 bits per heavy atom. The van der Waals surface area contributed by atoms with Crippen molar-refractivity contribution in [3.05, 3.63) is 0 Å². The molecule has 62 valence electrons. The second-order valence-electron chi connectivity index (χ2n) is 2.26. The van der Waals surface area contributed by atoms with E-state index in [-0.39, 0.29) is 0 Å². The Hall–Kier alpha value is -0.120. The average Bonchev–Trinajstić information content (AvgIpc) is 1.98. The van der Waals surface area contributed by atoms with Crippen LogP contribution in [0.1, 0.15) is 20.3 Å². The molecular formula is C7H19N3. The molecule has 0 heterocycles. The van der Waals surface area contributed by atoms with Gasteiger partial charge in [0.1, 0.15) is 0 Å². The molecule has 0 aliphatic carbocycles. The summed E-state index contributed by atoms with van der Waals surface area (Å²) in [5, 5.41) is 6.58. The fraction of sp³-hybridized carbons (Fsp3) is 1.00. The summed E-state index contributed by atoms with van der Waals surface area (Å²) >= 11 is 0. The summed E-state index contributed by atoms with van der Waals surface area (Å²) < 4.78 is 0. The van der Waals surface area contributed by atoms with E-state index >= 15 is 0 Å². The third-order valence-corrected chi connectivity index (χ3v) is 1.39. The SMILES string of the molecule is CCNC(CC)NCCN. The second-order valence-corrected chi connectivity index (χ2v) is 2.26. The van der Waals surface area contributed by atoms with Crippen molar-refractivity contribution < 1.29 is 0 Å². The van der Waals surface area contributed by atoms with Crippen LogP contribution in [0.2, 0.25) is 0 Å². The van der Waals surface area contributed by atoms with Gasteiger partial charge in [-0.2, -0.15) is 0 Å². The highest BCUT2D eigenvalue weighted by Crippen LogP contribution is 1.82. The summed E-state index contributed by atoms with van der Waals surface area (Å²) in [7, 11) is 0. The van der Waals surface area contributed by atoms with Gasteiger partial charge in [-0.15, -0.1) is 0 Å². The highest BCUT2D eigenvalue weighted by molar-refractivity contribution is 4.60. The van der Waals surface area contributed by atoms with Gasteiger partial charge in [0.2, 0.25) is 0 Å². The second kappa shape index (κ2) is 6.99. The quantitative estimate of drug-likeness (QED) is 0.457. The zero-order chi connectivity index (χ0) is 7.82. The largest absolute Gasteiger partial charge is 0.329 e. The minimum Gasteiger partial charge on any atom is -0.329 e. The highest BCUT2D eigenvalue weighted by Gasteiger charge is 1.99. The molecule has 1 atom stereocenters. The molecule has 3 nitrogen and oxygen atoms in total. The van der Waals surface area contributed by atoms with Crippen LogP contribution in [0.5, 0.6) is 0 Å². The highest BCUT2D eigenvalue weighted by atomic mass is 15.1. The van der Waals surface area contributed by atoms with E-state index in [2.05, 4.69) is 24.5 Å². The molecule has 0 rings (SSSR count). The predicted molar refractivity (Wildman–Crippen MR) is 44.8 cm³/mol. The lowest BCUT2D eigenvalue weighted by atomic mass is 10.3. The van der Waals surface area contributed by atoms with E-state index in [4.69, 9.17) is 5.73 Å². The zero-order valence-corrected chi connectivity index (χ0v) is 6.98. The topological polar surface area (TPSA) is 50.1 Å². The number of rotatable bonds is 6. The van der Waals surface area contributed by atoms with E-state index in [1.165, 1.54) is 0 Å². The molecule has 0 radical (unpaired) electrons. The van der Waals surface area contributed by atoms with Crippen molar-refractivity contribution >= 4 is 0 Å². The van der Waals surface area contributed by atoms with Crippen molar-refractivity contribution in [2.75, 3.05) is 19.6 Å². The van der Waals surface area contributed by atoms with Crippen molar-refractivity contribution in [1.29, 1.82) is 0 Å². The van der Waals surface area contributed by atoms with E-state index in [0.717, 1.165) is 19.5 Å². The lowest BCUT2D eigenvalue weighted by Gasteiger charge is -2.16. The molecule has 0 spiro atoms. The van der Waals surface area contributed by atoms with E-state index in [1.807, 2.05) is 0 Å². The fourth-order valence-corrected chi connectivity index (χ4v) is 0.865. The Morgan fingerprint density at radius 1 is 1.30 bits per heavy atom. The van der Waals surface area contributed by atoms with E-state index in [0.29, 0.717) is 12.7 Å². The van der Waals surface area contributed by atoms with Gasteiger partial charge in [-0.3, -0.25) is 0 Å². The van der Waals surface area contributed by atoms with Gasteiger partial charge in [-0.1, -0.05) is 13.8 Å². The Labute approximate surface area is 63.4 Å². The summed E-state index contributed by atoms with van der Waals surface area (Å²) in [4.78, 5) is 0. The summed E-state index contributed by atoms with van der Waals surface area (Å²) in [6, 6.07) is 0. The normalized spacial score (nSPS) is 13.5. The van der Waals surface area contributed by atoms with Crippen LogP contribution in [0.3, 0.4) is 0 Å². The van der Waals surface area contributed by atoms with Crippen LogP contribution >= 0.6 is 0 Å². The first-order valence-corrected chi connectivity index (χ1v) is 4.02. The molecule has 0 aromatic carbocycles. The minimum atomic E-state index is 0.438. The van der Waals surface area contributed by atoms with Crippen molar-refractivity contribution in [3.63, 3.8) is 0 Å². The molecule has 0 aromatic heterocycles. The standard InChI is InChI=1S/C7H19N3/c1-3-7(9-4-2)10-6-5-8/h7,9-10H,3-6,8H2,1-2H3. The zero-order valence-electron chi connectivity index (χ0n) is 6.98. The Morgan fingerprint density at radius 3 is 2.40 bits per heavy atom. The molecule has 0 aliphatic rings. The van der Waals surface area contributed by atoms with Gasteiger partial charge in [-0.25, -0.2) is 0 Å². The molecular weight excluding hydrogens is 126 g/mol. The number of nitrogens with one attached hydrogen (secondary N) is 2. The molecule has 0 aromatic rings. The monoisotopic (exact) mass is 145 g/mol. The van der Waals surface area contributed by atoms with Gasteiger partial charge in [0.25, 0.3) is 0 Å². The molecule has 4 N–H and O–H groups in total. The third kappa shape index (κ3) is 4.73. The number of nitrogens with two attached hydrogens (primary N) is 1. The molecule has 1 unspecified atom stereocenters. The smallest absolute Gasteiger partial charge is 0.0569 e. The Bertz CT molecular complexity index is 65.9. The summed E-state index contributed by atoms with van der Waals surface area (Å²) in [5.41, 5.74) is 5.34. The molecule has 0 saturated heterocycles. The first-order chi connectivity index (χ1) is 4.85. The lowest BCUT2D eigenvalue weighted by Crippen LogP contribution is -2.43. The van der Waals surface area contributed by atoms with Crippen LogP contribution in [0, 0.1) is 0 Å². The van der Waals surface area contributed by atoms with Gasteiger partial charge >= 0.3 is 0 Å². The van der Waals surface area contributed by atoms with E-state index in [1.54, 1.807) is 0 Å². The maximum Gasteiger partial charge on any atom is 0.0569 e. The number of hydrogen-bond acceptors (Lipinski definition) is 3. The Balaban J connectivity index is 3.21. The van der Waals surface area contributed by atoms with Crippen molar-refractivity contribution in [1.82, 2.24) is 10.6 Å². The van der Waals surface area contributed by atoms with Gasteiger partial charge in [0, 0.05) is 13.1 Å². The minimum absolute atomic E-state index is 0.438. The maximum absolute atomic E-state index is 5.34. The first-order valence-electron chi connectivity index (χ1n) is 4.02. The van der Waals surface area contributed by atoms with Gasteiger partial charge < -0.3 is 16.4 Å². The summed E-state index contributed by atoms with van der Waals surface area (Å²) in [6.45, 7) is 6.87. The average molecular weight is 145 g/mol. The molecule has 0 bridgehead atoms. The molecule has 0 amide bonds. The van der Waals surface area contributed by atoms with Crippen LogP contribution in [-0.2, 0) is 0 Å². The van der Waals surface area contributed by atoms with Gasteiger partial charge in [-0.05, 0) is 13.0 Å². The Kier molecular flexibility index (Phi) is 6.91. The van der Waals surface area contributed by atoms with Crippen LogP contribution < -0.4 is 16.4 Å².